The number of methoxy groups -OCH3 is 1. The summed E-state index contributed by atoms with van der Waals surface area (Å²) >= 11 is 0. The van der Waals surface area contributed by atoms with Gasteiger partial charge in [-0.2, -0.15) is 0 Å². The lowest BCUT2D eigenvalue weighted by molar-refractivity contribution is -0.139. The summed E-state index contributed by atoms with van der Waals surface area (Å²) in [5.74, 6) is -0.503. The Morgan fingerprint density at radius 2 is 1.92 bits per heavy atom. The highest BCUT2D eigenvalue weighted by Crippen LogP contribution is 1.76. The van der Waals surface area contributed by atoms with E-state index in [1.165, 1.54) is 7.11 Å². The van der Waals surface area contributed by atoms with Crippen LogP contribution in [0.1, 0.15) is 13.8 Å². The van der Waals surface area contributed by atoms with E-state index in [1.54, 1.807) is 0 Å². The van der Waals surface area contributed by atoms with Crippen molar-refractivity contribution in [3.05, 3.63) is 0 Å². The monoisotopic (exact) mass is 188 g/mol. The molecule has 0 aromatic rings. The second-order valence-electron chi connectivity index (χ2n) is 2.90. The fraction of sp³-hybridized carbons (Fsp3) is 0.750. The van der Waals surface area contributed by atoms with Crippen LogP contribution in [0.15, 0.2) is 0 Å². The van der Waals surface area contributed by atoms with Gasteiger partial charge in [0.2, 0.25) is 5.91 Å². The molecule has 1 amide bonds. The molecule has 5 heteroatoms. The molecule has 0 aromatic heterocycles. The average molecular weight is 188 g/mol. The maximum atomic E-state index is 11.0. The number of carbonyl (C=O) groups excluding carboxylic acids is 2. The molecular formula is C8H16N2O3. The predicted molar refractivity (Wildman–Crippen MR) is 48.2 cm³/mol. The maximum Gasteiger partial charge on any atom is 0.319 e. The van der Waals surface area contributed by atoms with Crippen molar-refractivity contribution < 1.29 is 14.3 Å². The summed E-state index contributed by atoms with van der Waals surface area (Å²) in [6, 6.07) is 0.118. The molecule has 0 bridgehead atoms. The van der Waals surface area contributed by atoms with E-state index in [4.69, 9.17) is 0 Å². The Kier molecular flexibility index (Phi) is 5.88. The zero-order valence-corrected chi connectivity index (χ0v) is 8.22. The maximum absolute atomic E-state index is 11.0. The van der Waals surface area contributed by atoms with Crippen LogP contribution in [0.4, 0.5) is 0 Å². The van der Waals surface area contributed by atoms with Crippen LogP contribution in [0.2, 0.25) is 0 Å². The number of ether oxygens (including phenoxy) is 1. The molecule has 2 N–H and O–H groups in total. The minimum Gasteiger partial charge on any atom is -0.468 e. The summed E-state index contributed by atoms with van der Waals surface area (Å²) in [6.07, 6.45) is 0. The van der Waals surface area contributed by atoms with Crippen LogP contribution in [0.25, 0.3) is 0 Å². The molecule has 0 aromatic carbocycles. The molecule has 0 spiro atoms. The van der Waals surface area contributed by atoms with Gasteiger partial charge in [-0.25, -0.2) is 0 Å². The minimum absolute atomic E-state index is 0.0576. The molecule has 0 fully saturated rings. The summed E-state index contributed by atoms with van der Waals surface area (Å²) in [7, 11) is 1.30. The molecule has 76 valence electrons. The van der Waals surface area contributed by atoms with Crippen LogP contribution in [0.5, 0.6) is 0 Å². The van der Waals surface area contributed by atoms with Crippen LogP contribution in [0, 0.1) is 0 Å². The smallest absolute Gasteiger partial charge is 0.319 e. The molecule has 0 radical (unpaired) electrons. The van der Waals surface area contributed by atoms with E-state index in [9.17, 15) is 9.59 Å². The molecule has 0 heterocycles. The van der Waals surface area contributed by atoms with Gasteiger partial charge < -0.3 is 10.1 Å². The van der Waals surface area contributed by atoms with Gasteiger partial charge in [0, 0.05) is 6.04 Å². The minimum atomic E-state index is -0.377. The molecule has 0 unspecified atom stereocenters. The number of rotatable bonds is 5. The molecular weight excluding hydrogens is 172 g/mol. The SMILES string of the molecule is COC(=O)CNCC(=O)NC(C)C. The highest BCUT2D eigenvalue weighted by Gasteiger charge is 2.04. The van der Waals surface area contributed by atoms with Gasteiger partial charge in [-0.05, 0) is 13.8 Å². The summed E-state index contributed by atoms with van der Waals surface area (Å²) < 4.78 is 4.38. The number of esters is 1. The first-order valence-corrected chi connectivity index (χ1v) is 4.13. The fourth-order valence-corrected chi connectivity index (χ4v) is 0.723. The van der Waals surface area contributed by atoms with Crippen LogP contribution < -0.4 is 10.6 Å². The lowest BCUT2D eigenvalue weighted by atomic mass is 10.4. The van der Waals surface area contributed by atoms with E-state index >= 15 is 0 Å². The summed E-state index contributed by atoms with van der Waals surface area (Å²) in [4.78, 5) is 21.6. The Morgan fingerprint density at radius 1 is 1.31 bits per heavy atom. The lowest BCUT2D eigenvalue weighted by Gasteiger charge is -2.08. The summed E-state index contributed by atoms with van der Waals surface area (Å²) in [6.45, 7) is 3.94. The first-order valence-electron chi connectivity index (χ1n) is 4.13. The van der Waals surface area contributed by atoms with Gasteiger partial charge in [-0.1, -0.05) is 0 Å². The number of hydrogen-bond acceptors (Lipinski definition) is 4. The van der Waals surface area contributed by atoms with Gasteiger partial charge >= 0.3 is 5.97 Å². The van der Waals surface area contributed by atoms with Crippen LogP contribution >= 0.6 is 0 Å². The van der Waals surface area contributed by atoms with Crippen molar-refractivity contribution in [1.29, 1.82) is 0 Å². The summed E-state index contributed by atoms with van der Waals surface area (Å²) in [5.41, 5.74) is 0. The normalized spacial score (nSPS) is 9.85. The molecule has 0 atom stereocenters. The van der Waals surface area contributed by atoms with Crippen molar-refractivity contribution in [2.24, 2.45) is 0 Å². The first kappa shape index (κ1) is 11.9. The molecule has 0 saturated heterocycles. The second-order valence-corrected chi connectivity index (χ2v) is 2.90. The van der Waals surface area contributed by atoms with E-state index in [-0.39, 0.29) is 31.0 Å². The van der Waals surface area contributed by atoms with Crippen LogP contribution in [-0.2, 0) is 14.3 Å². The van der Waals surface area contributed by atoms with Crippen molar-refractivity contribution in [3.8, 4) is 0 Å². The Labute approximate surface area is 77.8 Å². The second kappa shape index (κ2) is 6.42. The molecule has 0 rings (SSSR count). The molecule has 5 nitrogen and oxygen atoms in total. The highest BCUT2D eigenvalue weighted by atomic mass is 16.5. The Morgan fingerprint density at radius 3 is 2.38 bits per heavy atom. The lowest BCUT2D eigenvalue weighted by Crippen LogP contribution is -2.39. The van der Waals surface area contributed by atoms with Crippen molar-refractivity contribution >= 4 is 11.9 Å². The third kappa shape index (κ3) is 7.27. The van der Waals surface area contributed by atoms with E-state index in [1.807, 2.05) is 13.8 Å². The van der Waals surface area contributed by atoms with E-state index in [0.29, 0.717) is 0 Å². The number of nitrogens with one attached hydrogen (secondary N) is 2. The predicted octanol–water partition coefficient (Wildman–Crippen LogP) is -0.726. The summed E-state index contributed by atoms with van der Waals surface area (Å²) in [5, 5.41) is 5.34. The third-order valence-corrected chi connectivity index (χ3v) is 1.23. The number of amides is 1. The quantitative estimate of drug-likeness (QED) is 0.558. The Bertz CT molecular complexity index is 180. The molecule has 0 saturated carbocycles. The van der Waals surface area contributed by atoms with E-state index < -0.39 is 0 Å². The van der Waals surface area contributed by atoms with Gasteiger partial charge in [0.05, 0.1) is 20.2 Å². The zero-order chi connectivity index (χ0) is 10.3. The van der Waals surface area contributed by atoms with Gasteiger partial charge in [0.1, 0.15) is 0 Å². The van der Waals surface area contributed by atoms with Crippen LogP contribution in [-0.4, -0.2) is 38.1 Å². The topological polar surface area (TPSA) is 67.4 Å². The number of hydrogen-bond donors (Lipinski definition) is 2. The fourth-order valence-electron chi connectivity index (χ4n) is 0.723. The number of carbonyl (C=O) groups is 2. The van der Waals surface area contributed by atoms with Gasteiger partial charge in [-0.15, -0.1) is 0 Å². The average Bonchev–Trinajstić information content (AvgIpc) is 2.02. The van der Waals surface area contributed by atoms with Gasteiger partial charge in [0.15, 0.2) is 0 Å². The van der Waals surface area contributed by atoms with Crippen molar-refractivity contribution in [1.82, 2.24) is 10.6 Å². The highest BCUT2D eigenvalue weighted by molar-refractivity contribution is 5.79. The molecule has 0 aliphatic heterocycles. The Hall–Kier alpha value is -1.10. The Balaban J connectivity index is 3.42. The van der Waals surface area contributed by atoms with Gasteiger partial charge in [-0.3, -0.25) is 14.9 Å². The zero-order valence-electron chi connectivity index (χ0n) is 8.22. The van der Waals surface area contributed by atoms with Crippen LogP contribution in [0.3, 0.4) is 0 Å². The van der Waals surface area contributed by atoms with E-state index in [2.05, 4.69) is 15.4 Å². The van der Waals surface area contributed by atoms with Crippen molar-refractivity contribution in [3.63, 3.8) is 0 Å². The first-order chi connectivity index (χ1) is 6.06. The van der Waals surface area contributed by atoms with Gasteiger partial charge in [0.25, 0.3) is 0 Å². The standard InChI is InChI=1S/C8H16N2O3/c1-6(2)10-7(11)4-9-5-8(12)13-3/h6,9H,4-5H2,1-3H3,(H,10,11). The molecule has 0 aliphatic rings. The van der Waals surface area contributed by atoms with E-state index in [0.717, 1.165) is 0 Å². The third-order valence-electron chi connectivity index (χ3n) is 1.23. The van der Waals surface area contributed by atoms with Crippen molar-refractivity contribution in [2.75, 3.05) is 20.2 Å². The molecule has 0 aliphatic carbocycles. The van der Waals surface area contributed by atoms with Crippen molar-refractivity contribution in [2.45, 2.75) is 19.9 Å². The largest absolute Gasteiger partial charge is 0.468 e. The molecule has 13 heavy (non-hydrogen) atoms.